The van der Waals surface area contributed by atoms with Crippen LogP contribution in [0.5, 0.6) is 0 Å². The summed E-state index contributed by atoms with van der Waals surface area (Å²) in [5, 5.41) is 15.8. The Balaban J connectivity index is 0.000000145. The van der Waals surface area contributed by atoms with E-state index in [9.17, 15) is 0 Å². The molecule has 1 rings (SSSR count). The van der Waals surface area contributed by atoms with Gasteiger partial charge >= 0.3 is 6.47 Å². The van der Waals surface area contributed by atoms with Crippen LogP contribution in [0, 0.1) is 6.20 Å². The van der Waals surface area contributed by atoms with E-state index in [-0.39, 0.29) is 0 Å². The predicted octanol–water partition coefficient (Wildman–Crippen LogP) is -0.784. The van der Waals surface area contributed by atoms with Crippen molar-refractivity contribution in [3.63, 3.8) is 0 Å². The van der Waals surface area contributed by atoms with Gasteiger partial charge in [0.05, 0.1) is 6.20 Å². The molecule has 42 valence electrons. The molecule has 0 aliphatic carbocycles. The van der Waals surface area contributed by atoms with Gasteiger partial charge in [0.2, 0.25) is 0 Å². The van der Waals surface area contributed by atoms with E-state index in [0.717, 1.165) is 0 Å². The van der Waals surface area contributed by atoms with Crippen LogP contribution in [0.15, 0.2) is 6.20 Å². The van der Waals surface area contributed by atoms with Crippen molar-refractivity contribution >= 4 is 6.47 Å². The molecule has 0 saturated heterocycles. The minimum atomic E-state index is 0.500. The minimum Gasteiger partial charge on any atom is -0.473 e. The second kappa shape index (κ2) is 5.61. The molecule has 0 aromatic carbocycles. The second-order valence-electron chi connectivity index (χ2n) is 0.694. The van der Waals surface area contributed by atoms with Gasteiger partial charge in [-0.25, -0.2) is 4.79 Å². The molecule has 1 heterocycles. The third-order valence-corrected chi connectivity index (χ3v) is 0.295. The first kappa shape index (κ1) is 6.61. The molecule has 0 spiro atoms. The Morgan fingerprint density at radius 3 is 2.62 bits per heavy atom. The van der Waals surface area contributed by atoms with E-state index in [0.29, 0.717) is 6.47 Å². The molecular weight excluding hydrogens is 110 g/mol. The molecule has 1 aromatic heterocycles. The highest BCUT2D eigenvalue weighted by Gasteiger charge is 1.59. The van der Waals surface area contributed by atoms with Gasteiger partial charge in [0, 0.05) is 0 Å². The molecule has 0 atom stereocenters. The van der Waals surface area contributed by atoms with Gasteiger partial charge in [-0.05, 0) is 0 Å². The van der Waals surface area contributed by atoms with Gasteiger partial charge in [-0.3, -0.25) is 5.10 Å². The van der Waals surface area contributed by atoms with Gasteiger partial charge < -0.3 is 5.11 Å². The summed E-state index contributed by atoms with van der Waals surface area (Å²) in [4.78, 5) is 8.24. The molecule has 0 unspecified atom stereocenters. The van der Waals surface area contributed by atoms with Crippen molar-refractivity contribution in [2.24, 2.45) is 0 Å². The van der Waals surface area contributed by atoms with Crippen molar-refractivity contribution in [2.75, 3.05) is 0 Å². The Bertz CT molecular complexity index is 98.9. The lowest BCUT2D eigenvalue weighted by Gasteiger charge is -1.46. The number of nitrogens with zero attached hydrogens (tertiary/aromatic N) is 2. The molecule has 2 radical (unpaired) electrons. The van der Waals surface area contributed by atoms with Crippen LogP contribution in [-0.2, 0) is 4.79 Å². The number of aromatic amines is 1. The largest absolute Gasteiger partial charge is 0.473 e. The van der Waals surface area contributed by atoms with E-state index >= 15 is 0 Å². The van der Waals surface area contributed by atoms with Crippen LogP contribution in [0.1, 0.15) is 0 Å². The second-order valence-corrected chi connectivity index (χ2v) is 0.694. The Kier molecular flexibility index (Phi) is 4.64. The SMILES string of the molecule is O=[C]O.[c]1c[nH]nn1. The molecule has 0 saturated carbocycles. The molecule has 0 aliphatic rings. The summed E-state index contributed by atoms with van der Waals surface area (Å²) in [6.45, 7) is 0.500. The number of aliphatic hydroxyl groups excluding tert-OH is 1. The summed E-state index contributed by atoms with van der Waals surface area (Å²) in [7, 11) is 0. The van der Waals surface area contributed by atoms with E-state index in [4.69, 9.17) is 9.90 Å². The fourth-order valence-electron chi connectivity index (χ4n) is 0.144. The van der Waals surface area contributed by atoms with Crippen LogP contribution in [0.4, 0.5) is 0 Å². The van der Waals surface area contributed by atoms with Crippen LogP contribution in [0.2, 0.25) is 0 Å². The Morgan fingerprint density at radius 1 is 1.88 bits per heavy atom. The molecule has 0 aliphatic heterocycles. The van der Waals surface area contributed by atoms with Crippen LogP contribution in [0.3, 0.4) is 0 Å². The quantitative estimate of drug-likeness (QED) is 0.462. The summed E-state index contributed by atoms with van der Waals surface area (Å²) in [5.41, 5.74) is 0. The van der Waals surface area contributed by atoms with Crippen LogP contribution < -0.4 is 0 Å². The van der Waals surface area contributed by atoms with E-state index in [1.165, 1.54) is 6.20 Å². The maximum atomic E-state index is 8.24. The zero-order valence-electron chi connectivity index (χ0n) is 3.83. The molecule has 5 nitrogen and oxygen atoms in total. The molecule has 2 N–H and O–H groups in total. The number of nitrogens with one attached hydrogen (secondary N) is 1. The van der Waals surface area contributed by atoms with Crippen molar-refractivity contribution in [1.29, 1.82) is 0 Å². The lowest BCUT2D eigenvalue weighted by molar-refractivity contribution is 0.437. The fourth-order valence-corrected chi connectivity index (χ4v) is 0.144. The highest BCUT2D eigenvalue weighted by molar-refractivity contribution is 5.34. The lowest BCUT2D eigenvalue weighted by Crippen LogP contribution is -1.62. The number of H-pyrrole nitrogens is 1. The fraction of sp³-hybridized carbons (Fsp3) is 0. The highest BCUT2D eigenvalue weighted by Crippen LogP contribution is 1.53. The molecule has 1 aromatic rings. The topological polar surface area (TPSA) is 78.9 Å². The van der Waals surface area contributed by atoms with Gasteiger partial charge in [0.1, 0.15) is 6.20 Å². The smallest absolute Gasteiger partial charge is 0.414 e. The summed E-state index contributed by atoms with van der Waals surface area (Å²) in [5.74, 6) is 0. The number of aromatic nitrogens is 3. The zero-order chi connectivity index (χ0) is 6.24. The first-order valence-electron chi connectivity index (χ1n) is 1.65. The molecular formula is C3H3N3O2. The molecule has 5 heteroatoms. The molecule has 0 fully saturated rings. The predicted molar refractivity (Wildman–Crippen MR) is 23.5 cm³/mol. The monoisotopic (exact) mass is 113 g/mol. The third-order valence-electron chi connectivity index (χ3n) is 0.295. The Morgan fingerprint density at radius 2 is 2.50 bits per heavy atom. The standard InChI is InChI=1S/C2H2N3.CHO2/c1-2-4-5-3-1;2-1-3/h1H,(H,3,4,5);(H,2,3). The molecule has 8 heavy (non-hydrogen) atoms. The maximum Gasteiger partial charge on any atom is 0.414 e. The minimum absolute atomic E-state index is 0.500. The number of hydrogen-bond acceptors (Lipinski definition) is 3. The van der Waals surface area contributed by atoms with Crippen molar-refractivity contribution in [3.8, 4) is 0 Å². The van der Waals surface area contributed by atoms with E-state index < -0.39 is 0 Å². The van der Waals surface area contributed by atoms with E-state index in [1.807, 2.05) is 0 Å². The van der Waals surface area contributed by atoms with Crippen molar-refractivity contribution in [2.45, 2.75) is 0 Å². The summed E-state index contributed by atoms with van der Waals surface area (Å²) < 4.78 is 0. The first-order valence-corrected chi connectivity index (χ1v) is 1.65. The van der Waals surface area contributed by atoms with Gasteiger partial charge in [-0.2, -0.15) is 0 Å². The third kappa shape index (κ3) is 4.61. The summed E-state index contributed by atoms with van der Waals surface area (Å²) >= 11 is 0. The molecule has 0 bridgehead atoms. The average Bonchev–Trinajstić information content (AvgIpc) is 2.17. The van der Waals surface area contributed by atoms with E-state index in [2.05, 4.69) is 21.6 Å². The average molecular weight is 113 g/mol. The van der Waals surface area contributed by atoms with Gasteiger partial charge in [-0.15, -0.1) is 5.10 Å². The van der Waals surface area contributed by atoms with Crippen LogP contribution in [0.25, 0.3) is 0 Å². The maximum absolute atomic E-state index is 8.24. The Hall–Kier alpha value is -1.39. The van der Waals surface area contributed by atoms with E-state index in [1.54, 1.807) is 0 Å². The highest BCUT2D eigenvalue weighted by atomic mass is 16.3. The first-order chi connectivity index (χ1) is 3.91. The normalized spacial score (nSPS) is 6.50. The zero-order valence-corrected chi connectivity index (χ0v) is 3.83. The number of hydrogen-bond donors (Lipinski definition) is 2. The summed E-state index contributed by atoms with van der Waals surface area (Å²) in [6, 6.07) is 0. The Labute approximate surface area is 45.3 Å². The van der Waals surface area contributed by atoms with Crippen molar-refractivity contribution in [1.82, 2.24) is 15.4 Å². The van der Waals surface area contributed by atoms with Gasteiger partial charge in [0.25, 0.3) is 0 Å². The molecule has 0 amide bonds. The lowest BCUT2D eigenvalue weighted by atomic mass is 11.0. The van der Waals surface area contributed by atoms with Crippen LogP contribution in [-0.4, -0.2) is 27.0 Å². The number of rotatable bonds is 0. The van der Waals surface area contributed by atoms with Gasteiger partial charge in [0.15, 0.2) is 0 Å². The van der Waals surface area contributed by atoms with Crippen molar-refractivity contribution in [3.05, 3.63) is 12.4 Å². The summed E-state index contributed by atoms with van der Waals surface area (Å²) in [6.07, 6.45) is 3.97. The van der Waals surface area contributed by atoms with Crippen molar-refractivity contribution < 1.29 is 9.90 Å². The van der Waals surface area contributed by atoms with Crippen LogP contribution >= 0.6 is 0 Å². The van der Waals surface area contributed by atoms with Gasteiger partial charge in [-0.1, -0.05) is 5.21 Å².